The molecule has 3 aromatic rings. The van der Waals surface area contributed by atoms with Gasteiger partial charge in [-0.05, 0) is 115 Å². The number of nitrogens with zero attached hydrogens (tertiary/aromatic N) is 2. The predicted molar refractivity (Wildman–Crippen MR) is 164 cm³/mol. The lowest BCUT2D eigenvalue weighted by Gasteiger charge is -2.60. The molecular formula is C37H50N2. The van der Waals surface area contributed by atoms with Crippen molar-refractivity contribution in [2.45, 2.75) is 111 Å². The number of hydrogen-bond donors (Lipinski definition) is 0. The van der Waals surface area contributed by atoms with E-state index in [0.29, 0.717) is 16.7 Å². The molecule has 8 atom stereocenters. The van der Waals surface area contributed by atoms with Crippen molar-refractivity contribution in [3.8, 4) is 0 Å². The van der Waals surface area contributed by atoms with Crippen LogP contribution < -0.4 is 0 Å². The van der Waals surface area contributed by atoms with E-state index >= 15 is 0 Å². The van der Waals surface area contributed by atoms with Gasteiger partial charge in [0.1, 0.15) is 0 Å². The summed E-state index contributed by atoms with van der Waals surface area (Å²) in [6.07, 6.45) is 17.4. The molecule has 0 saturated heterocycles. The Morgan fingerprint density at radius 1 is 0.846 bits per heavy atom. The fourth-order valence-corrected chi connectivity index (χ4v) is 11.0. The summed E-state index contributed by atoms with van der Waals surface area (Å²) in [5, 5.41) is 2.48. The Bertz CT molecular complexity index is 1370. The first-order valence-electron chi connectivity index (χ1n) is 16.5. The van der Waals surface area contributed by atoms with Gasteiger partial charge in [0, 0.05) is 28.6 Å². The summed E-state index contributed by atoms with van der Waals surface area (Å²) in [5.41, 5.74) is 6.13. The fourth-order valence-electron chi connectivity index (χ4n) is 11.0. The Morgan fingerprint density at radius 3 is 2.51 bits per heavy atom. The van der Waals surface area contributed by atoms with Crippen LogP contribution in [0.1, 0.15) is 116 Å². The van der Waals surface area contributed by atoms with Crippen molar-refractivity contribution >= 4 is 21.8 Å². The molecule has 2 heterocycles. The van der Waals surface area contributed by atoms with Crippen LogP contribution in [0.4, 0.5) is 0 Å². The molecule has 4 aliphatic carbocycles. The summed E-state index contributed by atoms with van der Waals surface area (Å²) in [5.74, 6) is 6.06. The highest BCUT2D eigenvalue weighted by atomic mass is 14.8. The van der Waals surface area contributed by atoms with Gasteiger partial charge in [-0.15, -0.1) is 0 Å². The third-order valence-electron chi connectivity index (χ3n) is 13.0. The first-order chi connectivity index (χ1) is 18.8. The molecule has 0 aliphatic heterocycles. The smallest absolute Gasteiger partial charge is 0.0968 e. The van der Waals surface area contributed by atoms with Gasteiger partial charge in [0.25, 0.3) is 0 Å². The third kappa shape index (κ3) is 4.01. The van der Waals surface area contributed by atoms with Gasteiger partial charge in [-0.3, -0.25) is 4.98 Å². The maximum atomic E-state index is 5.50. The highest BCUT2D eigenvalue weighted by Crippen LogP contribution is 2.69. The number of aromatic nitrogens is 2. The SMILES string of the molecule is CC(C)CCCC(C)[C@H]1CCC2C3CC[C@H]4c5nc6c(ccc7cccnc76)cc5CC[C@]4(C)C3CC[C@@]21C. The second-order valence-corrected chi connectivity index (χ2v) is 15.3. The lowest BCUT2D eigenvalue weighted by Crippen LogP contribution is -2.52. The zero-order chi connectivity index (χ0) is 26.9. The number of fused-ring (bicyclic) bond motifs is 10. The average molecular weight is 523 g/mol. The molecule has 2 aromatic heterocycles. The van der Waals surface area contributed by atoms with E-state index in [4.69, 9.17) is 9.97 Å². The predicted octanol–water partition coefficient (Wildman–Crippen LogP) is 10.1. The number of hydrogen-bond acceptors (Lipinski definition) is 2. The molecular weight excluding hydrogens is 472 g/mol. The van der Waals surface area contributed by atoms with Gasteiger partial charge in [-0.25, -0.2) is 4.98 Å². The summed E-state index contributed by atoms with van der Waals surface area (Å²) < 4.78 is 0. The molecule has 0 radical (unpaired) electrons. The van der Waals surface area contributed by atoms with E-state index in [1.807, 2.05) is 12.3 Å². The minimum Gasteiger partial charge on any atom is -0.254 e. The van der Waals surface area contributed by atoms with E-state index in [9.17, 15) is 0 Å². The first kappa shape index (κ1) is 26.0. The minimum atomic E-state index is 0.400. The number of pyridine rings is 2. The molecule has 3 fully saturated rings. The molecule has 4 unspecified atom stereocenters. The number of aryl methyl sites for hydroxylation is 1. The van der Waals surface area contributed by atoms with Crippen molar-refractivity contribution in [3.05, 3.63) is 47.8 Å². The number of benzene rings is 1. The standard InChI is InChI=1S/C37H50N2/c1-23(2)8-6-9-24(3)29-15-16-30-28-13-14-32-33-27(17-19-37(32,5)31(28)18-20-36(29,30)4)22-26-12-11-25-10-7-21-38-34(25)35(26)39-33/h7,10-12,21-24,28-32H,6,8-9,13-20H2,1-5H3/t24?,28?,29-,30?,31?,32+,36-,37-/m1/s1. The molecule has 1 aromatic carbocycles. The molecule has 2 heteroatoms. The van der Waals surface area contributed by atoms with Crippen LogP contribution in [0.5, 0.6) is 0 Å². The molecule has 7 rings (SSSR count). The molecule has 3 saturated carbocycles. The molecule has 4 aliphatic rings. The van der Waals surface area contributed by atoms with Gasteiger partial charge in [0.05, 0.1) is 11.0 Å². The van der Waals surface area contributed by atoms with Crippen LogP contribution in [0.15, 0.2) is 36.5 Å². The fraction of sp³-hybridized carbons (Fsp3) is 0.676. The monoisotopic (exact) mass is 522 g/mol. The van der Waals surface area contributed by atoms with E-state index in [0.717, 1.165) is 46.5 Å². The molecule has 0 spiro atoms. The van der Waals surface area contributed by atoms with E-state index in [2.05, 4.69) is 58.9 Å². The molecule has 0 bridgehead atoms. The second kappa shape index (κ2) is 9.56. The van der Waals surface area contributed by atoms with Crippen molar-refractivity contribution < 1.29 is 0 Å². The van der Waals surface area contributed by atoms with Gasteiger partial charge in [0.2, 0.25) is 0 Å². The van der Waals surface area contributed by atoms with Crippen molar-refractivity contribution in [1.29, 1.82) is 0 Å². The van der Waals surface area contributed by atoms with Crippen LogP contribution in [-0.2, 0) is 6.42 Å². The Morgan fingerprint density at radius 2 is 1.67 bits per heavy atom. The Hall–Kier alpha value is -1.96. The second-order valence-electron chi connectivity index (χ2n) is 15.3. The Kier molecular flexibility index (Phi) is 6.37. The van der Waals surface area contributed by atoms with Crippen LogP contribution >= 0.6 is 0 Å². The Balaban J connectivity index is 1.17. The zero-order valence-electron chi connectivity index (χ0n) is 25.2. The third-order valence-corrected chi connectivity index (χ3v) is 13.0. The summed E-state index contributed by atoms with van der Waals surface area (Å²) in [6.45, 7) is 12.8. The molecule has 39 heavy (non-hydrogen) atoms. The van der Waals surface area contributed by atoms with Crippen LogP contribution in [0.25, 0.3) is 21.8 Å². The molecule has 2 nitrogen and oxygen atoms in total. The summed E-state index contributed by atoms with van der Waals surface area (Å²) >= 11 is 0. The van der Waals surface area contributed by atoms with Gasteiger partial charge < -0.3 is 0 Å². The van der Waals surface area contributed by atoms with Crippen molar-refractivity contribution in [2.75, 3.05) is 0 Å². The maximum absolute atomic E-state index is 5.50. The maximum Gasteiger partial charge on any atom is 0.0968 e. The van der Waals surface area contributed by atoms with E-state index in [1.165, 1.54) is 92.7 Å². The summed E-state index contributed by atoms with van der Waals surface area (Å²) in [4.78, 5) is 10.3. The lowest BCUT2D eigenvalue weighted by atomic mass is 9.44. The van der Waals surface area contributed by atoms with Crippen molar-refractivity contribution in [1.82, 2.24) is 9.97 Å². The van der Waals surface area contributed by atoms with E-state index in [-0.39, 0.29) is 0 Å². The Labute approximate surface area is 236 Å². The average Bonchev–Trinajstić information content (AvgIpc) is 3.29. The number of rotatable bonds is 5. The largest absolute Gasteiger partial charge is 0.254 e. The molecule has 0 amide bonds. The zero-order valence-corrected chi connectivity index (χ0v) is 25.2. The van der Waals surface area contributed by atoms with Crippen LogP contribution in [0.2, 0.25) is 0 Å². The van der Waals surface area contributed by atoms with Crippen LogP contribution in [0, 0.1) is 46.3 Å². The van der Waals surface area contributed by atoms with Gasteiger partial charge in [0.15, 0.2) is 0 Å². The van der Waals surface area contributed by atoms with Crippen molar-refractivity contribution in [2.24, 2.45) is 46.3 Å². The molecule has 0 N–H and O–H groups in total. The highest BCUT2D eigenvalue weighted by molar-refractivity contribution is 6.02. The topological polar surface area (TPSA) is 25.8 Å². The van der Waals surface area contributed by atoms with Crippen molar-refractivity contribution in [3.63, 3.8) is 0 Å². The van der Waals surface area contributed by atoms with Gasteiger partial charge in [-0.1, -0.05) is 72.1 Å². The quantitative estimate of drug-likeness (QED) is 0.311. The summed E-state index contributed by atoms with van der Waals surface area (Å²) in [6, 6.07) is 11.2. The van der Waals surface area contributed by atoms with Crippen LogP contribution in [-0.4, -0.2) is 9.97 Å². The summed E-state index contributed by atoms with van der Waals surface area (Å²) in [7, 11) is 0. The van der Waals surface area contributed by atoms with Gasteiger partial charge in [-0.2, -0.15) is 0 Å². The van der Waals surface area contributed by atoms with E-state index in [1.54, 1.807) is 0 Å². The molecule has 208 valence electrons. The van der Waals surface area contributed by atoms with Crippen LogP contribution in [0.3, 0.4) is 0 Å². The highest BCUT2D eigenvalue weighted by Gasteiger charge is 2.60. The van der Waals surface area contributed by atoms with Gasteiger partial charge >= 0.3 is 0 Å². The first-order valence-corrected chi connectivity index (χ1v) is 16.5. The normalized spacial score (nSPS) is 36.4. The lowest BCUT2D eigenvalue weighted by molar-refractivity contribution is -0.0903. The minimum absolute atomic E-state index is 0.400. The van der Waals surface area contributed by atoms with E-state index < -0.39 is 0 Å².